The topological polar surface area (TPSA) is 37.3 Å². The zero-order valence-electron chi connectivity index (χ0n) is 12.6. The Bertz CT molecular complexity index is 201. The third-order valence-corrected chi connectivity index (χ3v) is 3.79. The van der Waals surface area contributed by atoms with Crippen LogP contribution < -0.4 is 0 Å². The highest BCUT2D eigenvalue weighted by Gasteiger charge is 2.17. The zero-order valence-corrected chi connectivity index (χ0v) is 12.6. The van der Waals surface area contributed by atoms with E-state index in [1.807, 2.05) is 0 Å². The molecule has 0 radical (unpaired) electrons. The molecule has 0 aromatic rings. The molecule has 0 saturated heterocycles. The summed E-state index contributed by atoms with van der Waals surface area (Å²) >= 11 is 0. The van der Waals surface area contributed by atoms with E-state index in [2.05, 4.69) is 20.8 Å². The van der Waals surface area contributed by atoms with Crippen LogP contribution in [0.1, 0.15) is 85.0 Å². The first-order chi connectivity index (χ1) is 8.61. The van der Waals surface area contributed by atoms with Gasteiger partial charge in [-0.05, 0) is 25.2 Å². The maximum absolute atomic E-state index is 11.0. The van der Waals surface area contributed by atoms with Crippen LogP contribution in [0.5, 0.6) is 0 Å². The summed E-state index contributed by atoms with van der Waals surface area (Å²) in [4.78, 5) is 11.0. The highest BCUT2D eigenvalue weighted by molar-refractivity contribution is 5.69. The van der Waals surface area contributed by atoms with Gasteiger partial charge in [-0.2, -0.15) is 0 Å². The lowest BCUT2D eigenvalue weighted by atomic mass is 9.91. The number of carboxylic acid groups (broad SMARTS) is 1. The minimum atomic E-state index is -0.605. The van der Waals surface area contributed by atoms with Crippen molar-refractivity contribution < 1.29 is 9.90 Å². The largest absolute Gasteiger partial charge is 0.481 e. The molecular weight excluding hydrogens is 224 g/mol. The van der Waals surface area contributed by atoms with Crippen LogP contribution in [-0.4, -0.2) is 11.1 Å². The molecule has 2 unspecified atom stereocenters. The first kappa shape index (κ1) is 17.5. The molecule has 2 nitrogen and oxygen atoms in total. The van der Waals surface area contributed by atoms with Gasteiger partial charge in [0.2, 0.25) is 0 Å². The van der Waals surface area contributed by atoms with Crippen molar-refractivity contribution in [3.8, 4) is 0 Å². The summed E-state index contributed by atoms with van der Waals surface area (Å²) in [6.45, 7) is 6.57. The monoisotopic (exact) mass is 256 g/mol. The molecule has 0 saturated carbocycles. The molecule has 18 heavy (non-hydrogen) atoms. The van der Waals surface area contributed by atoms with Crippen LogP contribution in [0.3, 0.4) is 0 Å². The van der Waals surface area contributed by atoms with E-state index in [1.165, 1.54) is 38.5 Å². The summed E-state index contributed by atoms with van der Waals surface area (Å²) in [7, 11) is 0. The smallest absolute Gasteiger partial charge is 0.306 e. The summed E-state index contributed by atoms with van der Waals surface area (Å²) < 4.78 is 0. The van der Waals surface area contributed by atoms with E-state index in [-0.39, 0.29) is 5.92 Å². The van der Waals surface area contributed by atoms with Crippen LogP contribution in [0.2, 0.25) is 0 Å². The van der Waals surface area contributed by atoms with Crippen LogP contribution in [0.4, 0.5) is 0 Å². The molecule has 0 bridgehead atoms. The van der Waals surface area contributed by atoms with Crippen molar-refractivity contribution >= 4 is 5.97 Å². The van der Waals surface area contributed by atoms with Gasteiger partial charge in [0.15, 0.2) is 0 Å². The van der Waals surface area contributed by atoms with Crippen molar-refractivity contribution in [1.82, 2.24) is 0 Å². The maximum Gasteiger partial charge on any atom is 0.306 e. The van der Waals surface area contributed by atoms with Crippen LogP contribution in [0.25, 0.3) is 0 Å². The van der Waals surface area contributed by atoms with Crippen LogP contribution in [0.15, 0.2) is 0 Å². The lowest BCUT2D eigenvalue weighted by molar-refractivity contribution is -0.142. The standard InChI is InChI=1S/C16H32O2/c1-4-6-7-8-9-11-14(3)12-13-15(10-5-2)16(17)18/h14-15H,4-13H2,1-3H3,(H,17,18). The van der Waals surface area contributed by atoms with E-state index in [4.69, 9.17) is 5.11 Å². The van der Waals surface area contributed by atoms with Crippen molar-refractivity contribution in [2.45, 2.75) is 85.0 Å². The van der Waals surface area contributed by atoms with E-state index < -0.39 is 5.97 Å². The van der Waals surface area contributed by atoms with Crippen molar-refractivity contribution in [1.29, 1.82) is 0 Å². The van der Waals surface area contributed by atoms with Gasteiger partial charge >= 0.3 is 5.97 Å². The normalized spacial score (nSPS) is 14.4. The molecule has 2 atom stereocenters. The van der Waals surface area contributed by atoms with E-state index >= 15 is 0 Å². The average molecular weight is 256 g/mol. The predicted molar refractivity (Wildman–Crippen MR) is 77.8 cm³/mol. The Labute approximate surface area is 113 Å². The molecule has 0 amide bonds. The third kappa shape index (κ3) is 9.49. The number of rotatable bonds is 12. The molecule has 0 rings (SSSR count). The van der Waals surface area contributed by atoms with E-state index in [0.29, 0.717) is 5.92 Å². The Morgan fingerprint density at radius 2 is 1.56 bits per heavy atom. The van der Waals surface area contributed by atoms with Gasteiger partial charge in [0, 0.05) is 0 Å². The van der Waals surface area contributed by atoms with Crippen LogP contribution >= 0.6 is 0 Å². The summed E-state index contributed by atoms with van der Waals surface area (Å²) in [5.41, 5.74) is 0. The lowest BCUT2D eigenvalue weighted by Crippen LogP contribution is -2.14. The van der Waals surface area contributed by atoms with E-state index in [1.54, 1.807) is 0 Å². The fraction of sp³-hybridized carbons (Fsp3) is 0.938. The summed E-state index contributed by atoms with van der Waals surface area (Å²) in [5, 5.41) is 9.09. The lowest BCUT2D eigenvalue weighted by Gasteiger charge is -2.15. The maximum atomic E-state index is 11.0. The second-order valence-corrected chi connectivity index (χ2v) is 5.71. The van der Waals surface area contributed by atoms with Gasteiger partial charge in [0.05, 0.1) is 5.92 Å². The summed E-state index contributed by atoms with van der Waals surface area (Å²) in [6.07, 6.45) is 11.7. The van der Waals surface area contributed by atoms with E-state index in [9.17, 15) is 4.79 Å². The first-order valence-electron chi connectivity index (χ1n) is 7.84. The van der Waals surface area contributed by atoms with Gasteiger partial charge in [0.1, 0.15) is 0 Å². The average Bonchev–Trinajstić information content (AvgIpc) is 2.33. The fourth-order valence-electron chi connectivity index (χ4n) is 2.47. The SMILES string of the molecule is CCCCCCCC(C)CCC(CCC)C(=O)O. The predicted octanol–water partition coefficient (Wildman–Crippen LogP) is 5.26. The summed E-state index contributed by atoms with van der Waals surface area (Å²) in [5.74, 6) is -0.0325. The molecule has 0 aromatic carbocycles. The van der Waals surface area contributed by atoms with Gasteiger partial charge in [-0.3, -0.25) is 4.79 Å². The molecular formula is C16H32O2. The van der Waals surface area contributed by atoms with Crippen molar-refractivity contribution in [2.75, 3.05) is 0 Å². The molecule has 0 fully saturated rings. The Hall–Kier alpha value is -0.530. The minimum Gasteiger partial charge on any atom is -0.481 e. The molecule has 0 heterocycles. The van der Waals surface area contributed by atoms with Gasteiger partial charge in [-0.25, -0.2) is 0 Å². The molecule has 0 aliphatic heterocycles. The Kier molecular flexibility index (Phi) is 11.2. The van der Waals surface area contributed by atoms with E-state index in [0.717, 1.165) is 25.7 Å². The molecule has 0 spiro atoms. The van der Waals surface area contributed by atoms with Crippen molar-refractivity contribution in [2.24, 2.45) is 11.8 Å². The van der Waals surface area contributed by atoms with Crippen LogP contribution in [0, 0.1) is 11.8 Å². The Balaban J connectivity index is 3.60. The molecule has 1 N–H and O–H groups in total. The minimum absolute atomic E-state index is 0.113. The molecule has 0 aliphatic rings. The highest BCUT2D eigenvalue weighted by Crippen LogP contribution is 2.21. The number of hydrogen-bond acceptors (Lipinski definition) is 1. The van der Waals surface area contributed by atoms with Gasteiger partial charge in [-0.15, -0.1) is 0 Å². The number of carboxylic acids is 1. The number of carbonyl (C=O) groups is 1. The molecule has 108 valence electrons. The number of hydrogen-bond donors (Lipinski definition) is 1. The number of aliphatic carboxylic acids is 1. The Morgan fingerprint density at radius 3 is 2.11 bits per heavy atom. The fourth-order valence-corrected chi connectivity index (χ4v) is 2.47. The molecule has 2 heteroatoms. The molecule has 0 aliphatic carbocycles. The molecule has 0 aromatic heterocycles. The van der Waals surface area contributed by atoms with Crippen molar-refractivity contribution in [3.05, 3.63) is 0 Å². The summed E-state index contributed by atoms with van der Waals surface area (Å²) in [6, 6.07) is 0. The third-order valence-electron chi connectivity index (χ3n) is 3.79. The van der Waals surface area contributed by atoms with Gasteiger partial charge in [0.25, 0.3) is 0 Å². The van der Waals surface area contributed by atoms with Crippen molar-refractivity contribution in [3.63, 3.8) is 0 Å². The number of unbranched alkanes of at least 4 members (excludes halogenated alkanes) is 4. The second kappa shape index (κ2) is 11.6. The van der Waals surface area contributed by atoms with Crippen LogP contribution in [-0.2, 0) is 4.79 Å². The zero-order chi connectivity index (χ0) is 13.8. The van der Waals surface area contributed by atoms with Gasteiger partial charge in [-0.1, -0.05) is 65.7 Å². The highest BCUT2D eigenvalue weighted by atomic mass is 16.4. The first-order valence-corrected chi connectivity index (χ1v) is 7.84. The quantitative estimate of drug-likeness (QED) is 0.483. The Morgan fingerprint density at radius 1 is 0.889 bits per heavy atom. The van der Waals surface area contributed by atoms with Gasteiger partial charge < -0.3 is 5.11 Å². The second-order valence-electron chi connectivity index (χ2n) is 5.71.